The van der Waals surface area contributed by atoms with Gasteiger partial charge in [0.2, 0.25) is 5.95 Å². The first-order valence-electron chi connectivity index (χ1n) is 14.9. The number of fused-ring (bicyclic) bond motifs is 1. The highest BCUT2D eigenvalue weighted by Gasteiger charge is 2.50. The van der Waals surface area contributed by atoms with Crippen molar-refractivity contribution in [2.24, 2.45) is 5.92 Å². The summed E-state index contributed by atoms with van der Waals surface area (Å²) < 4.78 is 52.2. The summed E-state index contributed by atoms with van der Waals surface area (Å²) in [5.74, 6) is -0.177. The van der Waals surface area contributed by atoms with Crippen LogP contribution in [-0.2, 0) is 44.1 Å². The minimum atomic E-state index is -5.69. The number of phosphoric acid groups is 2. The van der Waals surface area contributed by atoms with Crippen LogP contribution in [0.5, 0.6) is 0 Å². The molecule has 11 N–H and O–H groups in total. The summed E-state index contributed by atoms with van der Waals surface area (Å²) in [5.41, 5.74) is 3.41. The lowest BCUT2D eigenvalue weighted by Crippen LogP contribution is -2.58. The molecular weight excluding hydrogens is 718 g/mol. The molecule has 0 spiro atoms. The third-order valence-electron chi connectivity index (χ3n) is 7.84. The maximum atomic E-state index is 12.7. The maximum absolute atomic E-state index is 12.7. The predicted molar refractivity (Wildman–Crippen MR) is 162 cm³/mol. The third-order valence-corrected chi connectivity index (χ3v) is 10.4. The number of imidazole rings is 1. The molecule has 26 heteroatoms. The second-order valence-electron chi connectivity index (χ2n) is 12.5. The zero-order valence-electron chi connectivity index (χ0n) is 26.5. The van der Waals surface area contributed by atoms with Crippen molar-refractivity contribution in [1.29, 1.82) is 0 Å². The average molecular weight is 757 g/mol. The maximum Gasteiger partial charge on any atom is 0.483 e. The molecule has 5 heterocycles. The third kappa shape index (κ3) is 8.30. The molecule has 0 aliphatic carbocycles. The SMILES string of the molecule is CC(C)CC(C)(O)c1cn(C[C@@H]2O[C@H](OP(=O)(O)OP(=O)(O)OC[C@H]3O[C@@H](n4cnc5c(=O)[nH]c(N)nc54)[C@H](O)[C@@H]3O)[C@@H](O)[C@H](O)[C@@H]2O)nn1. The van der Waals surface area contributed by atoms with E-state index in [1.165, 1.54) is 13.1 Å². The van der Waals surface area contributed by atoms with E-state index in [0.717, 1.165) is 15.6 Å². The number of hydrogen-bond acceptors (Lipinski definition) is 19. The van der Waals surface area contributed by atoms with Crippen molar-refractivity contribution in [3.05, 3.63) is 28.6 Å². The molecular formula is C24H38N8O16P2. The van der Waals surface area contributed by atoms with Crippen molar-refractivity contribution >= 4 is 32.8 Å². The van der Waals surface area contributed by atoms with Crippen LogP contribution in [0, 0.1) is 5.92 Å². The predicted octanol–water partition coefficient (Wildman–Crippen LogP) is -3.08. The number of nitrogens with zero attached hydrogens (tertiary/aromatic N) is 6. The molecule has 0 saturated carbocycles. The van der Waals surface area contributed by atoms with Gasteiger partial charge in [-0.1, -0.05) is 19.1 Å². The zero-order valence-corrected chi connectivity index (χ0v) is 28.3. The molecule has 0 aromatic carbocycles. The van der Waals surface area contributed by atoms with Gasteiger partial charge in [-0.25, -0.2) is 18.8 Å². The van der Waals surface area contributed by atoms with Crippen LogP contribution in [0.15, 0.2) is 17.3 Å². The van der Waals surface area contributed by atoms with Gasteiger partial charge in [0.15, 0.2) is 23.7 Å². The number of aromatic nitrogens is 7. The van der Waals surface area contributed by atoms with Gasteiger partial charge in [0.05, 0.1) is 25.7 Å². The Kier molecular flexibility index (Phi) is 11.0. The van der Waals surface area contributed by atoms with Crippen LogP contribution in [0.25, 0.3) is 11.2 Å². The molecule has 3 unspecified atom stereocenters. The average Bonchev–Trinajstić information content (AvgIpc) is 3.71. The van der Waals surface area contributed by atoms with Crippen molar-refractivity contribution in [2.45, 2.75) is 94.6 Å². The second kappa shape index (κ2) is 14.3. The molecule has 3 aromatic rings. The fourth-order valence-electron chi connectivity index (χ4n) is 5.57. The highest BCUT2D eigenvalue weighted by Crippen LogP contribution is 2.61. The number of aliphatic hydroxyl groups excluding tert-OH is 5. The van der Waals surface area contributed by atoms with Crippen LogP contribution in [0.3, 0.4) is 0 Å². The molecule has 50 heavy (non-hydrogen) atoms. The molecule has 280 valence electrons. The van der Waals surface area contributed by atoms with Crippen LogP contribution in [0.4, 0.5) is 5.95 Å². The van der Waals surface area contributed by atoms with Crippen LogP contribution in [-0.4, -0.2) is 131 Å². The van der Waals surface area contributed by atoms with E-state index >= 15 is 0 Å². The number of nitrogens with two attached hydrogens (primary N) is 1. The Hall–Kier alpha value is -2.77. The van der Waals surface area contributed by atoms with Crippen molar-refractivity contribution < 1.29 is 72.4 Å². The van der Waals surface area contributed by atoms with E-state index in [4.69, 9.17) is 24.3 Å². The van der Waals surface area contributed by atoms with Crippen molar-refractivity contribution in [3.8, 4) is 0 Å². The molecule has 3 aromatic heterocycles. The van der Waals surface area contributed by atoms with E-state index in [1.807, 2.05) is 13.8 Å². The lowest BCUT2D eigenvalue weighted by Gasteiger charge is -2.40. The summed E-state index contributed by atoms with van der Waals surface area (Å²) >= 11 is 0. The summed E-state index contributed by atoms with van der Waals surface area (Å²) in [4.78, 5) is 42.5. The Bertz CT molecular complexity index is 1820. The van der Waals surface area contributed by atoms with E-state index in [2.05, 4.69) is 29.6 Å². The zero-order chi connectivity index (χ0) is 36.9. The summed E-state index contributed by atoms with van der Waals surface area (Å²) in [6.07, 6.45) is -13.4. The number of nitrogens with one attached hydrogen (secondary N) is 1. The van der Waals surface area contributed by atoms with Gasteiger partial charge in [-0.15, -0.1) is 5.10 Å². The normalized spacial score (nSPS) is 32.6. The Morgan fingerprint density at radius 1 is 1.04 bits per heavy atom. The Labute approximate surface area is 281 Å². The number of nitrogen functional groups attached to an aromatic ring is 1. The first-order valence-corrected chi connectivity index (χ1v) is 17.9. The molecule has 5 rings (SSSR count). The van der Waals surface area contributed by atoms with Gasteiger partial charge in [-0.05, 0) is 19.3 Å². The molecule has 0 bridgehead atoms. The molecule has 2 aliphatic rings. The number of anilines is 1. The largest absolute Gasteiger partial charge is 0.483 e. The highest BCUT2D eigenvalue weighted by molar-refractivity contribution is 7.61. The number of aromatic amines is 1. The number of aliphatic hydroxyl groups is 6. The van der Waals surface area contributed by atoms with Crippen molar-refractivity contribution in [1.82, 2.24) is 34.5 Å². The monoisotopic (exact) mass is 756 g/mol. The number of H-pyrrole nitrogens is 1. The fourth-order valence-corrected chi connectivity index (χ4v) is 7.73. The first kappa shape index (κ1) is 38.5. The summed E-state index contributed by atoms with van der Waals surface area (Å²) in [6.45, 7) is 3.95. The molecule has 2 fully saturated rings. The molecule has 2 aliphatic heterocycles. The van der Waals surface area contributed by atoms with E-state index < -0.39 is 88.7 Å². The highest BCUT2D eigenvalue weighted by atomic mass is 31.3. The molecule has 2 saturated heterocycles. The Morgan fingerprint density at radius 2 is 1.72 bits per heavy atom. The molecule has 0 radical (unpaired) electrons. The summed E-state index contributed by atoms with van der Waals surface area (Å²) in [5, 5.41) is 70.8. The van der Waals surface area contributed by atoms with E-state index in [9.17, 15) is 54.4 Å². The smallest absolute Gasteiger partial charge is 0.388 e. The Balaban J connectivity index is 1.20. The topological polar surface area (TPSA) is 362 Å². The van der Waals surface area contributed by atoms with Gasteiger partial charge >= 0.3 is 15.6 Å². The quantitative estimate of drug-likeness (QED) is 0.0773. The molecule has 12 atom stereocenters. The molecule has 24 nitrogen and oxygen atoms in total. The lowest BCUT2D eigenvalue weighted by molar-refractivity contribution is -0.278. The van der Waals surface area contributed by atoms with Crippen LogP contribution >= 0.6 is 15.6 Å². The summed E-state index contributed by atoms with van der Waals surface area (Å²) in [6, 6.07) is 0. The Morgan fingerprint density at radius 3 is 2.40 bits per heavy atom. The number of ether oxygens (including phenoxy) is 2. The van der Waals surface area contributed by atoms with Gasteiger partial charge in [0, 0.05) is 0 Å². The number of hydrogen-bond donors (Lipinski definition) is 10. The van der Waals surface area contributed by atoms with Gasteiger partial charge in [0.25, 0.3) is 5.56 Å². The fraction of sp³-hybridized carbons (Fsp3) is 0.708. The van der Waals surface area contributed by atoms with Gasteiger partial charge < -0.3 is 55.6 Å². The van der Waals surface area contributed by atoms with Crippen molar-refractivity contribution in [2.75, 3.05) is 12.3 Å². The second-order valence-corrected chi connectivity index (χ2v) is 15.5. The number of phosphoric ester groups is 2. The van der Waals surface area contributed by atoms with E-state index in [0.29, 0.717) is 6.42 Å². The lowest BCUT2D eigenvalue weighted by atomic mass is 9.92. The van der Waals surface area contributed by atoms with Crippen LogP contribution < -0.4 is 11.3 Å². The standard InChI is InChI=1S/C24H38N8O16P2/c1-9(2)4-24(3,39)12-6-31(30-29-12)5-10-14(33)16(35)18(37)22(46-10)47-50(42,43)48-49(40,41)44-7-11-15(34)17(36)21(45-11)32-8-26-13-19(32)27-23(25)28-20(13)38/h6,8-11,14-18,21-22,33-37,39H,4-5,7H2,1-3H3,(H,40,41)(H,42,43)(H3,25,27,28,38)/t10-,11+,14+,15+,16+,17+,18-,21+,22+,24?/m0/s1. The van der Waals surface area contributed by atoms with Crippen LogP contribution in [0.1, 0.15) is 39.1 Å². The van der Waals surface area contributed by atoms with Crippen LogP contribution in [0.2, 0.25) is 0 Å². The summed E-state index contributed by atoms with van der Waals surface area (Å²) in [7, 11) is -11.2. The molecule has 0 amide bonds. The van der Waals surface area contributed by atoms with E-state index in [-0.39, 0.29) is 35.3 Å². The van der Waals surface area contributed by atoms with Gasteiger partial charge in [0.1, 0.15) is 54.0 Å². The van der Waals surface area contributed by atoms with Crippen molar-refractivity contribution in [3.63, 3.8) is 0 Å². The first-order chi connectivity index (χ1) is 23.2. The van der Waals surface area contributed by atoms with Gasteiger partial charge in [-0.2, -0.15) is 9.29 Å². The number of rotatable bonds is 13. The van der Waals surface area contributed by atoms with Gasteiger partial charge in [-0.3, -0.25) is 23.4 Å². The minimum absolute atomic E-state index is 0.105. The van der Waals surface area contributed by atoms with E-state index in [1.54, 1.807) is 0 Å². The minimum Gasteiger partial charge on any atom is -0.388 e.